The number of hydrogen-bond donors (Lipinski definition) is 1. The fourth-order valence-corrected chi connectivity index (χ4v) is 2.50. The number of allylic oxidation sites excluding steroid dienone is 1. The maximum Gasteiger partial charge on any atom is 0.375 e. The average Bonchev–Trinajstić information content (AvgIpc) is 3.11. The second-order valence-corrected chi connectivity index (χ2v) is 5.73. The first-order valence-electron chi connectivity index (χ1n) is 6.89. The maximum atomic E-state index is 12.5. The van der Waals surface area contributed by atoms with Crippen molar-refractivity contribution in [2.75, 3.05) is 6.61 Å². The van der Waals surface area contributed by atoms with E-state index in [1.165, 1.54) is 0 Å². The molecule has 0 fully saturated rings. The normalized spacial score (nSPS) is 12.1. The summed E-state index contributed by atoms with van der Waals surface area (Å²) in [6.45, 7) is 1.63. The summed E-state index contributed by atoms with van der Waals surface area (Å²) in [4.78, 5) is 24.5. The van der Waals surface area contributed by atoms with Crippen LogP contribution in [0.1, 0.15) is 16.6 Å². The number of thiophene rings is 1. The van der Waals surface area contributed by atoms with Gasteiger partial charge in [0.1, 0.15) is 5.69 Å². The number of esters is 1. The van der Waals surface area contributed by atoms with E-state index in [0.29, 0.717) is 15.6 Å². The van der Waals surface area contributed by atoms with E-state index >= 15 is 0 Å². The van der Waals surface area contributed by atoms with Crippen LogP contribution in [0.4, 0.5) is 5.69 Å². The summed E-state index contributed by atoms with van der Waals surface area (Å²) >= 11 is 7.12. The third-order valence-corrected chi connectivity index (χ3v) is 3.95. The molecule has 6 nitrogen and oxygen atoms in total. The van der Waals surface area contributed by atoms with Gasteiger partial charge in [-0.15, -0.1) is 21.6 Å². The van der Waals surface area contributed by atoms with E-state index in [-0.39, 0.29) is 6.61 Å². The SMILES string of the molecule is CCOC(=O)/C(O)=C(/N=Nc1ccccc1Cl)C(=O)c1cccs1. The molecular weight excluding hydrogens is 352 g/mol. The highest BCUT2D eigenvalue weighted by molar-refractivity contribution is 7.12. The Hall–Kier alpha value is -2.51. The summed E-state index contributed by atoms with van der Waals surface area (Å²) < 4.78 is 4.70. The van der Waals surface area contributed by atoms with Crippen molar-refractivity contribution in [3.8, 4) is 0 Å². The van der Waals surface area contributed by atoms with Gasteiger partial charge in [-0.3, -0.25) is 4.79 Å². The molecule has 24 heavy (non-hydrogen) atoms. The maximum absolute atomic E-state index is 12.5. The molecule has 0 bridgehead atoms. The zero-order chi connectivity index (χ0) is 17.5. The monoisotopic (exact) mass is 364 g/mol. The molecule has 0 amide bonds. The van der Waals surface area contributed by atoms with Crippen molar-refractivity contribution in [2.24, 2.45) is 10.2 Å². The number of carbonyl (C=O) groups excluding carboxylic acids is 2. The first-order valence-corrected chi connectivity index (χ1v) is 8.15. The fourth-order valence-electron chi connectivity index (χ4n) is 1.66. The van der Waals surface area contributed by atoms with E-state index in [1.807, 2.05) is 0 Å². The van der Waals surface area contributed by atoms with Crippen LogP contribution in [-0.4, -0.2) is 23.5 Å². The van der Waals surface area contributed by atoms with Crippen molar-refractivity contribution in [1.82, 2.24) is 0 Å². The van der Waals surface area contributed by atoms with Gasteiger partial charge in [-0.1, -0.05) is 29.8 Å². The van der Waals surface area contributed by atoms with Crippen LogP contribution in [0, 0.1) is 0 Å². The number of benzene rings is 1. The standard InChI is InChI=1S/C16H13ClN2O4S/c1-2-23-16(22)15(21)13(14(20)12-8-5-9-24-12)19-18-11-7-4-3-6-10(11)17/h3-9,21H,2H2,1H3/b15-13-,19-18?. The lowest BCUT2D eigenvalue weighted by Crippen LogP contribution is -2.13. The largest absolute Gasteiger partial charge is 0.500 e. The minimum atomic E-state index is -1.05. The van der Waals surface area contributed by atoms with Crippen LogP contribution >= 0.6 is 22.9 Å². The smallest absolute Gasteiger partial charge is 0.375 e. The van der Waals surface area contributed by atoms with Crippen molar-refractivity contribution < 1.29 is 19.4 Å². The minimum absolute atomic E-state index is 0.0466. The molecule has 0 unspecified atom stereocenters. The van der Waals surface area contributed by atoms with Gasteiger partial charge in [0.2, 0.25) is 11.5 Å². The van der Waals surface area contributed by atoms with Crippen LogP contribution in [0.25, 0.3) is 0 Å². The Labute approximate surface area is 147 Å². The summed E-state index contributed by atoms with van der Waals surface area (Å²) in [6, 6.07) is 9.81. The molecule has 2 rings (SSSR count). The predicted molar refractivity (Wildman–Crippen MR) is 90.9 cm³/mol. The Morgan fingerprint density at radius 3 is 2.62 bits per heavy atom. The molecule has 1 heterocycles. The number of rotatable bonds is 6. The van der Waals surface area contributed by atoms with Crippen LogP contribution in [0.15, 0.2) is 63.5 Å². The number of nitrogens with zero attached hydrogens (tertiary/aromatic N) is 2. The van der Waals surface area contributed by atoms with Gasteiger partial charge in [-0.25, -0.2) is 4.79 Å². The van der Waals surface area contributed by atoms with Crippen LogP contribution in [0.3, 0.4) is 0 Å². The zero-order valence-corrected chi connectivity index (χ0v) is 14.2. The number of hydrogen-bond acceptors (Lipinski definition) is 7. The van der Waals surface area contributed by atoms with Crippen LogP contribution in [0.2, 0.25) is 5.02 Å². The number of Topliss-reactive ketones (excluding diaryl/α,β-unsaturated/α-hetero) is 1. The molecule has 2 aromatic rings. The van der Waals surface area contributed by atoms with Crippen molar-refractivity contribution in [1.29, 1.82) is 0 Å². The van der Waals surface area contributed by atoms with E-state index in [0.717, 1.165) is 11.3 Å². The van der Waals surface area contributed by atoms with Gasteiger partial charge < -0.3 is 9.84 Å². The van der Waals surface area contributed by atoms with E-state index in [2.05, 4.69) is 10.2 Å². The molecule has 0 saturated heterocycles. The van der Waals surface area contributed by atoms with Gasteiger partial charge in [0.05, 0.1) is 16.5 Å². The van der Waals surface area contributed by atoms with E-state index < -0.39 is 23.2 Å². The zero-order valence-electron chi connectivity index (χ0n) is 12.6. The molecule has 1 aromatic heterocycles. The number of aliphatic hydroxyl groups is 1. The summed E-state index contributed by atoms with van der Waals surface area (Å²) in [7, 11) is 0. The van der Waals surface area contributed by atoms with E-state index in [9.17, 15) is 14.7 Å². The molecule has 124 valence electrons. The number of aliphatic hydroxyl groups excluding tert-OH is 1. The van der Waals surface area contributed by atoms with Crippen LogP contribution < -0.4 is 0 Å². The Bertz CT molecular complexity index is 800. The summed E-state index contributed by atoms with van der Waals surface area (Å²) in [5.41, 5.74) is -0.205. The predicted octanol–water partition coefficient (Wildman–Crippen LogP) is 4.70. The quantitative estimate of drug-likeness (QED) is 0.264. The lowest BCUT2D eigenvalue weighted by Gasteiger charge is -2.04. The summed E-state index contributed by atoms with van der Waals surface area (Å²) in [5.74, 6) is -2.58. The Morgan fingerprint density at radius 2 is 2.00 bits per heavy atom. The molecule has 0 atom stereocenters. The molecular formula is C16H13ClN2O4S. The molecule has 0 aliphatic heterocycles. The van der Waals surface area contributed by atoms with Crippen LogP contribution in [0.5, 0.6) is 0 Å². The molecule has 1 aromatic carbocycles. The summed E-state index contributed by atoms with van der Waals surface area (Å²) in [6.07, 6.45) is 0. The number of carbonyl (C=O) groups is 2. The molecule has 0 saturated carbocycles. The van der Waals surface area contributed by atoms with Gasteiger partial charge in [0, 0.05) is 0 Å². The topological polar surface area (TPSA) is 88.3 Å². The van der Waals surface area contributed by atoms with Crippen molar-refractivity contribution in [3.63, 3.8) is 0 Å². The van der Waals surface area contributed by atoms with Gasteiger partial charge >= 0.3 is 5.97 Å². The summed E-state index contributed by atoms with van der Waals surface area (Å²) in [5, 5.41) is 19.6. The Balaban J connectivity index is 2.43. The molecule has 0 radical (unpaired) electrons. The van der Waals surface area contributed by atoms with E-state index in [1.54, 1.807) is 48.7 Å². The first kappa shape index (κ1) is 17.8. The Morgan fingerprint density at radius 1 is 1.25 bits per heavy atom. The highest BCUT2D eigenvalue weighted by Crippen LogP contribution is 2.26. The third-order valence-electron chi connectivity index (χ3n) is 2.76. The third kappa shape index (κ3) is 4.27. The Kier molecular flexibility index (Phi) is 6.22. The number of ketones is 1. The van der Waals surface area contributed by atoms with Gasteiger partial charge in [0.25, 0.3) is 0 Å². The highest BCUT2D eigenvalue weighted by Gasteiger charge is 2.24. The van der Waals surface area contributed by atoms with Crippen molar-refractivity contribution in [3.05, 3.63) is 63.1 Å². The molecule has 0 aliphatic carbocycles. The van der Waals surface area contributed by atoms with Crippen molar-refractivity contribution >= 4 is 40.4 Å². The van der Waals surface area contributed by atoms with Gasteiger partial charge in [-0.2, -0.15) is 0 Å². The first-order chi connectivity index (χ1) is 11.5. The number of ether oxygens (including phenoxy) is 1. The fraction of sp³-hybridized carbons (Fsp3) is 0.125. The van der Waals surface area contributed by atoms with Gasteiger partial charge in [-0.05, 0) is 30.5 Å². The van der Waals surface area contributed by atoms with Crippen molar-refractivity contribution in [2.45, 2.75) is 6.92 Å². The lowest BCUT2D eigenvalue weighted by atomic mass is 10.2. The molecule has 8 heteroatoms. The molecule has 1 N–H and O–H groups in total. The molecule has 0 spiro atoms. The van der Waals surface area contributed by atoms with E-state index in [4.69, 9.17) is 16.3 Å². The average molecular weight is 365 g/mol. The number of halogens is 1. The lowest BCUT2D eigenvalue weighted by molar-refractivity contribution is -0.141. The minimum Gasteiger partial charge on any atom is -0.500 e. The second kappa shape index (κ2) is 8.37. The van der Waals surface area contributed by atoms with Gasteiger partial charge in [0.15, 0.2) is 5.70 Å². The van der Waals surface area contributed by atoms with Crippen LogP contribution in [-0.2, 0) is 9.53 Å². The second-order valence-electron chi connectivity index (χ2n) is 4.38. The molecule has 0 aliphatic rings. The number of azo groups is 1. The highest BCUT2D eigenvalue weighted by atomic mass is 35.5.